The van der Waals surface area contributed by atoms with Gasteiger partial charge in [-0.2, -0.15) is 21.0 Å². The number of fused-ring (bicyclic) bond motifs is 6. The Labute approximate surface area is 298 Å². The molecule has 7 aromatic carbocycles. The highest BCUT2D eigenvalue weighted by molar-refractivity contribution is 6.12. The van der Waals surface area contributed by atoms with E-state index in [1.165, 1.54) is 0 Å². The number of rotatable bonds is 4. The van der Waals surface area contributed by atoms with E-state index in [1.807, 2.05) is 71.3 Å². The highest BCUT2D eigenvalue weighted by Gasteiger charge is 2.21. The van der Waals surface area contributed by atoms with Crippen molar-refractivity contribution in [2.24, 2.45) is 0 Å². The van der Waals surface area contributed by atoms with Crippen LogP contribution in [0.25, 0.3) is 77.2 Å². The van der Waals surface area contributed by atoms with Gasteiger partial charge in [-0.05, 0) is 83.4 Å². The maximum atomic E-state index is 10.4. The number of para-hydroxylation sites is 3. The van der Waals surface area contributed by atoms with Gasteiger partial charge in [0.25, 0.3) is 0 Å². The Morgan fingerprint density at radius 3 is 1.60 bits per heavy atom. The van der Waals surface area contributed by atoms with Crippen LogP contribution in [0.3, 0.4) is 0 Å². The summed E-state index contributed by atoms with van der Waals surface area (Å²) in [5, 5.41) is 43.6. The number of benzene rings is 7. The van der Waals surface area contributed by atoms with Crippen molar-refractivity contribution >= 4 is 43.6 Å². The van der Waals surface area contributed by atoms with E-state index < -0.39 is 0 Å². The second-order valence-electron chi connectivity index (χ2n) is 12.6. The molecular formula is C46H24N6. The molecule has 0 unspecified atom stereocenters. The van der Waals surface area contributed by atoms with Gasteiger partial charge in [-0.15, -0.1) is 0 Å². The van der Waals surface area contributed by atoms with Crippen LogP contribution in [0, 0.1) is 45.3 Å². The Bertz CT molecular complexity index is 3100. The average Bonchev–Trinajstić information content (AvgIpc) is 3.72. The molecule has 2 aromatic heterocycles. The third kappa shape index (κ3) is 4.54. The third-order valence-electron chi connectivity index (χ3n) is 9.87. The largest absolute Gasteiger partial charge is 0.309 e. The van der Waals surface area contributed by atoms with Crippen molar-refractivity contribution in [3.63, 3.8) is 0 Å². The molecule has 0 bridgehead atoms. The molecule has 0 aliphatic rings. The van der Waals surface area contributed by atoms with Crippen molar-refractivity contribution in [2.75, 3.05) is 0 Å². The van der Waals surface area contributed by atoms with Crippen LogP contribution in [-0.4, -0.2) is 9.13 Å². The zero-order valence-corrected chi connectivity index (χ0v) is 27.5. The average molecular weight is 661 g/mol. The van der Waals surface area contributed by atoms with Crippen LogP contribution >= 0.6 is 0 Å². The van der Waals surface area contributed by atoms with Crippen LogP contribution in [-0.2, 0) is 0 Å². The van der Waals surface area contributed by atoms with Crippen molar-refractivity contribution in [1.82, 2.24) is 9.13 Å². The second-order valence-corrected chi connectivity index (χ2v) is 12.6. The fourth-order valence-corrected chi connectivity index (χ4v) is 7.53. The van der Waals surface area contributed by atoms with Gasteiger partial charge in [0.15, 0.2) is 0 Å². The van der Waals surface area contributed by atoms with Gasteiger partial charge in [0.2, 0.25) is 0 Å². The van der Waals surface area contributed by atoms with Gasteiger partial charge in [-0.1, -0.05) is 78.9 Å². The van der Waals surface area contributed by atoms with Crippen LogP contribution in [0.15, 0.2) is 146 Å². The van der Waals surface area contributed by atoms with E-state index in [0.717, 1.165) is 66.0 Å². The van der Waals surface area contributed by atoms with E-state index in [9.17, 15) is 21.0 Å². The van der Waals surface area contributed by atoms with E-state index in [-0.39, 0.29) is 0 Å². The molecule has 0 aliphatic heterocycles. The molecule has 0 saturated carbocycles. The summed E-state index contributed by atoms with van der Waals surface area (Å²) in [6.45, 7) is 0. The first-order chi connectivity index (χ1) is 25.6. The minimum atomic E-state index is 0.474. The first-order valence-corrected chi connectivity index (χ1v) is 16.7. The molecule has 9 aromatic rings. The van der Waals surface area contributed by atoms with Crippen molar-refractivity contribution in [2.45, 2.75) is 0 Å². The molecule has 2 heterocycles. The van der Waals surface area contributed by atoms with Crippen LogP contribution in [0.2, 0.25) is 0 Å². The lowest BCUT2D eigenvalue weighted by Gasteiger charge is -2.16. The minimum Gasteiger partial charge on any atom is -0.309 e. The van der Waals surface area contributed by atoms with Gasteiger partial charge in [0.1, 0.15) is 12.1 Å². The topological polar surface area (TPSA) is 105 Å². The van der Waals surface area contributed by atoms with Crippen LogP contribution < -0.4 is 0 Å². The Kier molecular flexibility index (Phi) is 6.91. The summed E-state index contributed by atoms with van der Waals surface area (Å²) in [7, 11) is 0. The quantitative estimate of drug-likeness (QED) is 0.187. The summed E-state index contributed by atoms with van der Waals surface area (Å²) in [4.78, 5) is 0. The summed E-state index contributed by atoms with van der Waals surface area (Å²) in [6.07, 6.45) is 0. The van der Waals surface area contributed by atoms with Crippen molar-refractivity contribution in [3.8, 4) is 57.9 Å². The monoisotopic (exact) mass is 660 g/mol. The predicted octanol–water partition coefficient (Wildman–Crippen LogP) is 10.7. The third-order valence-corrected chi connectivity index (χ3v) is 9.87. The molecule has 0 spiro atoms. The normalized spacial score (nSPS) is 11.0. The number of hydrogen-bond donors (Lipinski definition) is 0. The van der Waals surface area contributed by atoms with Crippen molar-refractivity contribution in [1.29, 1.82) is 21.0 Å². The SMILES string of the molecule is N#Cc1ccc2c(c1)c1ccccc1n2-c1ccc(-c2ccc(-c3cccc(C#N)c3-n3c4ccc(C#N)cc4c4cccc(C#N)c43)cc2)cc1. The molecule has 0 saturated heterocycles. The first-order valence-electron chi connectivity index (χ1n) is 16.7. The molecule has 6 nitrogen and oxygen atoms in total. The molecule has 0 atom stereocenters. The Hall–Kier alpha value is -7.90. The van der Waals surface area contributed by atoms with Crippen LogP contribution in [0.4, 0.5) is 0 Å². The lowest BCUT2D eigenvalue weighted by atomic mass is 9.97. The standard InChI is InChI=1S/C46H24N6/c47-25-29-11-21-43-40(23-29)38-7-1-2-10-42(38)51(43)36-19-17-32(18-20-36)31-13-15-33(16-14-31)37-8-3-5-34(27-49)45(37)52-44-22-12-30(26-48)24-41(44)39-9-4-6-35(28-50)46(39)52/h1-24H. The highest BCUT2D eigenvalue weighted by Crippen LogP contribution is 2.40. The second kappa shape index (κ2) is 11.9. The Balaban J connectivity index is 1.15. The number of hydrogen-bond acceptors (Lipinski definition) is 4. The number of nitriles is 4. The smallest absolute Gasteiger partial charge is 0.101 e. The zero-order chi connectivity index (χ0) is 35.3. The molecule has 0 fully saturated rings. The minimum absolute atomic E-state index is 0.474. The summed E-state index contributed by atoms with van der Waals surface area (Å²) in [6, 6.07) is 56.9. The summed E-state index contributed by atoms with van der Waals surface area (Å²) < 4.78 is 4.23. The fourth-order valence-electron chi connectivity index (χ4n) is 7.53. The maximum Gasteiger partial charge on any atom is 0.101 e. The summed E-state index contributed by atoms with van der Waals surface area (Å²) in [5.74, 6) is 0. The maximum absolute atomic E-state index is 10.4. The van der Waals surface area contributed by atoms with E-state index in [0.29, 0.717) is 33.5 Å². The first kappa shape index (κ1) is 30.2. The number of aromatic nitrogens is 2. The molecular weight excluding hydrogens is 637 g/mol. The van der Waals surface area contributed by atoms with Gasteiger partial charge < -0.3 is 9.13 Å². The lowest BCUT2D eigenvalue weighted by molar-refractivity contribution is 1.16. The predicted molar refractivity (Wildman–Crippen MR) is 205 cm³/mol. The van der Waals surface area contributed by atoms with Gasteiger partial charge in [0, 0.05) is 32.8 Å². The summed E-state index contributed by atoms with van der Waals surface area (Å²) in [5.41, 5.74) is 11.3. The van der Waals surface area contributed by atoms with E-state index in [2.05, 4.69) is 89.5 Å². The number of nitrogens with zero attached hydrogens (tertiary/aromatic N) is 6. The summed E-state index contributed by atoms with van der Waals surface area (Å²) >= 11 is 0. The molecule has 52 heavy (non-hydrogen) atoms. The van der Waals surface area contributed by atoms with Gasteiger partial charge in [-0.3, -0.25) is 0 Å². The molecule has 0 radical (unpaired) electrons. The molecule has 9 rings (SSSR count). The lowest BCUT2D eigenvalue weighted by Crippen LogP contribution is -2.02. The van der Waals surface area contributed by atoms with E-state index in [1.54, 1.807) is 18.2 Å². The Morgan fingerprint density at radius 1 is 0.385 bits per heavy atom. The van der Waals surface area contributed by atoms with Gasteiger partial charge in [0.05, 0.1) is 62.1 Å². The molecule has 0 amide bonds. The van der Waals surface area contributed by atoms with Crippen molar-refractivity contribution < 1.29 is 0 Å². The molecule has 0 aliphatic carbocycles. The van der Waals surface area contributed by atoms with Crippen LogP contribution in [0.1, 0.15) is 22.3 Å². The molecule has 6 heteroatoms. The van der Waals surface area contributed by atoms with Gasteiger partial charge in [-0.25, -0.2) is 0 Å². The highest BCUT2D eigenvalue weighted by atomic mass is 15.0. The van der Waals surface area contributed by atoms with Crippen LogP contribution in [0.5, 0.6) is 0 Å². The van der Waals surface area contributed by atoms with Gasteiger partial charge >= 0.3 is 0 Å². The van der Waals surface area contributed by atoms with E-state index >= 15 is 0 Å². The Morgan fingerprint density at radius 2 is 0.923 bits per heavy atom. The molecule has 238 valence electrons. The zero-order valence-electron chi connectivity index (χ0n) is 27.5. The molecule has 0 N–H and O–H groups in total. The van der Waals surface area contributed by atoms with E-state index in [4.69, 9.17) is 0 Å². The van der Waals surface area contributed by atoms with Crippen molar-refractivity contribution in [3.05, 3.63) is 168 Å². The fraction of sp³-hybridized carbons (Fsp3) is 0.